The zero-order valence-corrected chi connectivity index (χ0v) is 18.2. The van der Waals surface area contributed by atoms with Crippen LogP contribution < -0.4 is 0 Å². The summed E-state index contributed by atoms with van der Waals surface area (Å²) in [6, 6.07) is 11.0. The Kier molecular flexibility index (Phi) is 6.96. The number of aliphatic imine (C=N–C) groups is 1. The monoisotopic (exact) mass is 484 g/mol. The molecule has 31 heavy (non-hydrogen) atoms. The van der Waals surface area contributed by atoms with Crippen molar-refractivity contribution in [2.45, 2.75) is 17.8 Å². The Hall–Kier alpha value is -2.12. The van der Waals surface area contributed by atoms with Gasteiger partial charge in [-0.15, -0.1) is 29.7 Å². The molecular weight excluding hydrogens is 469 g/mol. The number of alkyl halides is 3. The van der Waals surface area contributed by atoms with Gasteiger partial charge in [0.15, 0.2) is 5.78 Å². The van der Waals surface area contributed by atoms with Crippen LogP contribution in [-0.2, 0) is 0 Å². The molecule has 0 fully saturated rings. The quantitative estimate of drug-likeness (QED) is 0.436. The lowest BCUT2D eigenvalue weighted by Gasteiger charge is -2.44. The molecule has 2 aromatic rings. The summed E-state index contributed by atoms with van der Waals surface area (Å²) in [4.78, 5) is 16.9. The van der Waals surface area contributed by atoms with Crippen LogP contribution in [-0.4, -0.2) is 33.6 Å². The molecule has 0 amide bonds. The molecule has 2 heterocycles. The lowest BCUT2D eigenvalue weighted by Crippen LogP contribution is -2.59. The van der Waals surface area contributed by atoms with Crippen LogP contribution in [0.5, 0.6) is 0 Å². The smallest absolute Gasteiger partial charge is 0.362 e. The highest BCUT2D eigenvalue weighted by molar-refractivity contribution is 8.14. The predicted molar refractivity (Wildman–Crippen MR) is 117 cm³/mol. The highest BCUT2D eigenvalue weighted by Gasteiger charge is 2.67. The number of thiophene rings is 1. The number of benzene rings is 1. The number of aliphatic hydroxyl groups is 1. The number of ketones is 1. The lowest BCUT2D eigenvalue weighted by atomic mass is 9.68. The molecule has 0 spiro atoms. The molecule has 1 aliphatic rings. The van der Waals surface area contributed by atoms with E-state index in [0.29, 0.717) is 0 Å². The summed E-state index contributed by atoms with van der Waals surface area (Å²) >= 11 is 8.10. The van der Waals surface area contributed by atoms with E-state index in [1.165, 1.54) is 30.3 Å². The molecule has 1 unspecified atom stereocenters. The van der Waals surface area contributed by atoms with E-state index in [9.17, 15) is 28.3 Å². The second-order valence-electron chi connectivity index (χ2n) is 6.75. The number of thioether (sulfide) groups is 1. The largest absolute Gasteiger partial charge is 0.439 e. The second kappa shape index (κ2) is 9.17. The standard InChI is InChI=1S/C21H16ClF3N2O2S2/c1-2-9-31-19-13(11-26)16(12-6-3-4-7-14(12)22)17(18(28)15-8-5-10-30-15)20(29,27-19)21(23,24)25/h2-8,10,13,16-17,29H,1,9H2/t13?,16-,17+,20-/m0/s1. The SMILES string of the molecule is C=CCSC1=N[C@@](O)(C(F)(F)F)[C@@H](C(=O)c2cccs2)[C@@H](c2ccccc2Cl)C1C#N. The fraction of sp³-hybridized carbons (Fsp3) is 0.286. The Morgan fingerprint density at radius 1 is 1.39 bits per heavy atom. The molecule has 0 saturated carbocycles. The van der Waals surface area contributed by atoms with Gasteiger partial charge in [0.2, 0.25) is 0 Å². The molecule has 0 bridgehead atoms. The van der Waals surface area contributed by atoms with Crippen molar-refractivity contribution in [2.75, 3.05) is 5.75 Å². The average Bonchev–Trinajstić information content (AvgIpc) is 3.26. The van der Waals surface area contributed by atoms with Crippen molar-refractivity contribution in [3.8, 4) is 6.07 Å². The van der Waals surface area contributed by atoms with E-state index < -0.39 is 35.4 Å². The molecule has 162 valence electrons. The Morgan fingerprint density at radius 3 is 2.65 bits per heavy atom. The third-order valence-corrected chi connectivity index (χ3v) is 7.19. The lowest BCUT2D eigenvalue weighted by molar-refractivity contribution is -0.274. The summed E-state index contributed by atoms with van der Waals surface area (Å²) in [5.41, 5.74) is -3.56. The zero-order valence-electron chi connectivity index (χ0n) is 15.8. The van der Waals surface area contributed by atoms with Crippen molar-refractivity contribution in [3.63, 3.8) is 0 Å². The Balaban J connectivity index is 2.33. The normalized spacial score (nSPS) is 26.1. The van der Waals surface area contributed by atoms with E-state index in [1.807, 2.05) is 6.07 Å². The minimum Gasteiger partial charge on any atom is -0.362 e. The molecule has 0 aliphatic carbocycles. The number of rotatable bonds is 5. The van der Waals surface area contributed by atoms with E-state index in [0.717, 1.165) is 23.1 Å². The molecule has 0 radical (unpaired) electrons. The molecule has 1 aliphatic heterocycles. The summed E-state index contributed by atoms with van der Waals surface area (Å²) in [5.74, 6) is -5.46. The van der Waals surface area contributed by atoms with Gasteiger partial charge in [-0.05, 0) is 23.1 Å². The highest BCUT2D eigenvalue weighted by Crippen LogP contribution is 2.53. The topological polar surface area (TPSA) is 73.5 Å². The van der Waals surface area contributed by atoms with Gasteiger partial charge in [0.25, 0.3) is 5.72 Å². The number of halogens is 4. The molecule has 4 atom stereocenters. The maximum absolute atomic E-state index is 14.2. The number of hydrogen-bond acceptors (Lipinski definition) is 6. The van der Waals surface area contributed by atoms with Crippen LogP contribution in [0.3, 0.4) is 0 Å². The molecule has 4 nitrogen and oxygen atoms in total. The number of carbonyl (C=O) groups excluding carboxylic acids is 1. The zero-order chi connectivity index (χ0) is 22.8. The summed E-state index contributed by atoms with van der Waals surface area (Å²) in [5, 5.41) is 22.2. The number of Topliss-reactive ketones (excluding diaryl/α,β-unsaturated/α-hetero) is 1. The van der Waals surface area contributed by atoms with E-state index in [4.69, 9.17) is 11.6 Å². The summed E-state index contributed by atoms with van der Waals surface area (Å²) in [6.07, 6.45) is -3.83. The van der Waals surface area contributed by atoms with Crippen molar-refractivity contribution >= 4 is 45.5 Å². The van der Waals surface area contributed by atoms with E-state index in [2.05, 4.69) is 11.6 Å². The van der Waals surface area contributed by atoms with Crippen molar-refractivity contribution in [1.82, 2.24) is 0 Å². The van der Waals surface area contributed by atoms with Crippen LogP contribution in [0.2, 0.25) is 5.02 Å². The van der Waals surface area contributed by atoms with Crippen molar-refractivity contribution in [3.05, 3.63) is 69.9 Å². The third-order valence-electron chi connectivity index (χ3n) is 4.91. The van der Waals surface area contributed by atoms with Crippen molar-refractivity contribution in [2.24, 2.45) is 16.8 Å². The van der Waals surface area contributed by atoms with Crippen molar-refractivity contribution in [1.29, 1.82) is 5.26 Å². The first-order chi connectivity index (χ1) is 14.7. The van der Waals surface area contributed by atoms with Gasteiger partial charge >= 0.3 is 6.18 Å². The molecule has 1 aromatic heterocycles. The molecule has 3 rings (SSSR count). The van der Waals surface area contributed by atoms with E-state index >= 15 is 0 Å². The third kappa shape index (κ3) is 4.30. The van der Waals surface area contributed by atoms with Gasteiger partial charge in [-0.25, -0.2) is 4.99 Å². The first-order valence-electron chi connectivity index (χ1n) is 9.00. The summed E-state index contributed by atoms with van der Waals surface area (Å²) in [6.45, 7) is 3.53. The molecule has 10 heteroatoms. The fourth-order valence-electron chi connectivity index (χ4n) is 3.57. The van der Waals surface area contributed by atoms with E-state index in [1.54, 1.807) is 17.5 Å². The molecule has 1 aromatic carbocycles. The van der Waals surface area contributed by atoms with Gasteiger partial charge < -0.3 is 5.11 Å². The van der Waals surface area contributed by atoms with Crippen LogP contribution in [0.15, 0.2) is 59.4 Å². The van der Waals surface area contributed by atoms with Gasteiger partial charge in [0, 0.05) is 16.7 Å². The Bertz CT molecular complexity index is 1050. The van der Waals surface area contributed by atoms with Crippen LogP contribution in [0.25, 0.3) is 0 Å². The minimum atomic E-state index is -5.27. The number of nitrogens with zero attached hydrogens (tertiary/aromatic N) is 2. The first kappa shape index (κ1) is 23.5. The highest BCUT2D eigenvalue weighted by atomic mass is 35.5. The number of carbonyl (C=O) groups is 1. The van der Waals surface area contributed by atoms with Crippen LogP contribution in [0.4, 0.5) is 13.2 Å². The second-order valence-corrected chi connectivity index (χ2v) is 9.14. The van der Waals surface area contributed by atoms with Gasteiger partial charge in [-0.2, -0.15) is 18.4 Å². The minimum absolute atomic E-state index is 0.0267. The maximum atomic E-state index is 14.2. The predicted octanol–water partition coefficient (Wildman–Crippen LogP) is 5.71. The Labute approximate surface area is 190 Å². The van der Waals surface area contributed by atoms with Crippen molar-refractivity contribution < 1.29 is 23.1 Å². The Morgan fingerprint density at radius 2 is 2.10 bits per heavy atom. The van der Waals surface area contributed by atoms with Crippen LogP contribution in [0, 0.1) is 23.2 Å². The summed E-state index contributed by atoms with van der Waals surface area (Å²) in [7, 11) is 0. The van der Waals surface area contributed by atoms with Crippen LogP contribution in [0.1, 0.15) is 21.2 Å². The van der Waals surface area contributed by atoms with E-state index in [-0.39, 0.29) is 26.3 Å². The van der Waals surface area contributed by atoms with Gasteiger partial charge in [0.05, 0.1) is 21.9 Å². The van der Waals surface area contributed by atoms with Gasteiger partial charge in [0.1, 0.15) is 5.92 Å². The number of hydrogen-bond donors (Lipinski definition) is 1. The average molecular weight is 485 g/mol. The molecule has 1 N–H and O–H groups in total. The fourth-order valence-corrected chi connectivity index (χ4v) is 5.40. The van der Waals surface area contributed by atoms with Gasteiger partial charge in [-0.3, -0.25) is 4.79 Å². The molecule has 0 saturated heterocycles. The van der Waals surface area contributed by atoms with Crippen LogP contribution >= 0.6 is 34.7 Å². The summed E-state index contributed by atoms with van der Waals surface area (Å²) < 4.78 is 42.7. The maximum Gasteiger partial charge on any atom is 0.439 e. The molecular formula is C21H16ClF3N2O2S2. The first-order valence-corrected chi connectivity index (χ1v) is 11.2. The number of nitriles is 1. The van der Waals surface area contributed by atoms with Gasteiger partial charge in [-0.1, -0.05) is 41.9 Å².